The number of hydrogen-bond acceptors (Lipinski definition) is 4. The highest BCUT2D eigenvalue weighted by atomic mass is 32.1. The fourth-order valence-corrected chi connectivity index (χ4v) is 7.33. The van der Waals surface area contributed by atoms with Crippen molar-refractivity contribution in [1.82, 2.24) is 0 Å². The summed E-state index contributed by atoms with van der Waals surface area (Å²) >= 11 is 19.2. The van der Waals surface area contributed by atoms with Gasteiger partial charge in [0.15, 0.2) is 0 Å². The molecule has 0 aliphatic heterocycles. The van der Waals surface area contributed by atoms with E-state index in [0.717, 1.165) is 29.3 Å². The predicted octanol–water partition coefficient (Wildman–Crippen LogP) is 4.66. The highest BCUT2D eigenvalue weighted by molar-refractivity contribution is 7.81. The predicted molar refractivity (Wildman–Crippen MR) is 111 cm³/mol. The molecule has 0 aromatic rings. The quantitative estimate of drug-likeness (QED) is 0.374. The van der Waals surface area contributed by atoms with Crippen molar-refractivity contribution in [2.24, 2.45) is 23.7 Å². The third-order valence-corrected chi connectivity index (χ3v) is 9.13. The Balaban J connectivity index is 1.46. The van der Waals surface area contributed by atoms with Gasteiger partial charge in [0.25, 0.3) is 0 Å². The molecule has 0 radical (unpaired) electrons. The number of hydrogen-bond donors (Lipinski definition) is 4. The molecule has 10 unspecified atom stereocenters. The van der Waals surface area contributed by atoms with Gasteiger partial charge in [-0.1, -0.05) is 0 Å². The Morgan fingerprint density at radius 3 is 2.19 bits per heavy atom. The van der Waals surface area contributed by atoms with Gasteiger partial charge >= 0.3 is 0 Å². The summed E-state index contributed by atoms with van der Waals surface area (Å²) < 4.78 is 0. The van der Waals surface area contributed by atoms with Gasteiger partial charge < -0.3 is 0 Å². The zero-order valence-electron chi connectivity index (χ0n) is 12.5. The average Bonchev–Trinajstić information content (AvgIpc) is 3.00. The van der Waals surface area contributed by atoms with Crippen molar-refractivity contribution in [3.63, 3.8) is 0 Å². The molecule has 0 amide bonds. The van der Waals surface area contributed by atoms with Crippen molar-refractivity contribution >= 4 is 59.8 Å². The molecule has 3 aliphatic carbocycles. The molecule has 21 heavy (non-hydrogen) atoms. The summed E-state index contributed by atoms with van der Waals surface area (Å²) in [5.74, 6) is 3.25. The van der Waals surface area contributed by atoms with Crippen molar-refractivity contribution in [2.45, 2.75) is 71.6 Å². The average molecular weight is 381 g/mol. The summed E-state index contributed by atoms with van der Waals surface area (Å²) in [6.45, 7) is 0. The molecule has 0 aromatic heterocycles. The summed E-state index contributed by atoms with van der Waals surface area (Å²) in [4.78, 5) is 0. The smallest absolute Gasteiger partial charge is 0.00542 e. The minimum Gasteiger partial charge on any atom is -0.176 e. The van der Waals surface area contributed by atoms with E-state index in [-0.39, 0.29) is 0 Å². The summed E-state index contributed by atoms with van der Waals surface area (Å²) in [5, 5.41) is 2.38. The molecule has 0 nitrogen and oxygen atoms in total. The first kappa shape index (κ1) is 17.6. The zero-order valence-corrected chi connectivity index (χ0v) is 17.2. The Bertz CT molecular complexity index is 366. The second kappa shape index (κ2) is 7.38. The van der Waals surface area contributed by atoms with Crippen LogP contribution < -0.4 is 0 Å². The minimum absolute atomic E-state index is 0.573. The van der Waals surface area contributed by atoms with Crippen LogP contribution in [0.25, 0.3) is 0 Å². The second-order valence-corrected chi connectivity index (χ2v) is 11.2. The van der Waals surface area contributed by atoms with Crippen LogP contribution in [-0.4, -0.2) is 26.7 Å². The van der Waals surface area contributed by atoms with Gasteiger partial charge in [-0.05, 0) is 74.3 Å². The van der Waals surface area contributed by atoms with Gasteiger partial charge in [0.2, 0.25) is 0 Å². The molecule has 0 N–H and O–H groups in total. The lowest BCUT2D eigenvalue weighted by Crippen LogP contribution is -2.41. The molecular weight excluding hydrogens is 351 g/mol. The van der Waals surface area contributed by atoms with Crippen LogP contribution in [0.1, 0.15) is 44.9 Å². The van der Waals surface area contributed by atoms with E-state index in [9.17, 15) is 0 Å². The highest BCUT2D eigenvalue weighted by Gasteiger charge is 2.45. The van der Waals surface area contributed by atoms with E-state index < -0.39 is 0 Å². The highest BCUT2D eigenvalue weighted by Crippen LogP contribution is 2.51. The molecule has 3 aliphatic rings. The second-order valence-electron chi connectivity index (χ2n) is 7.62. The summed E-state index contributed by atoms with van der Waals surface area (Å²) in [5.41, 5.74) is 0.827. The van der Waals surface area contributed by atoms with Gasteiger partial charge in [-0.3, -0.25) is 0 Å². The van der Waals surface area contributed by atoms with E-state index >= 15 is 0 Å². The molecule has 122 valence electrons. The van der Waals surface area contributed by atoms with Crippen LogP contribution >= 0.6 is 59.8 Å². The Labute approximate surface area is 154 Å². The molecule has 3 rings (SSSR count). The van der Waals surface area contributed by atoms with Crippen LogP contribution in [0.5, 0.6) is 0 Å². The van der Waals surface area contributed by atoms with Crippen molar-refractivity contribution < 1.29 is 0 Å². The van der Waals surface area contributed by atoms with E-state index in [1.165, 1.54) is 44.9 Å². The summed E-state index contributed by atoms with van der Waals surface area (Å²) in [7, 11) is 2.96. The van der Waals surface area contributed by atoms with Crippen molar-refractivity contribution in [1.29, 1.82) is 0 Å². The van der Waals surface area contributed by atoms with Gasteiger partial charge in [0.1, 0.15) is 0 Å². The van der Waals surface area contributed by atoms with Gasteiger partial charge in [-0.25, -0.2) is 0 Å². The third kappa shape index (κ3) is 4.27. The van der Waals surface area contributed by atoms with Gasteiger partial charge in [0, 0.05) is 21.0 Å². The van der Waals surface area contributed by atoms with Crippen LogP contribution in [-0.2, 0) is 0 Å². The lowest BCUT2D eigenvalue weighted by Gasteiger charge is -2.45. The molecule has 10 atom stereocenters. The zero-order chi connectivity index (χ0) is 15.1. The Morgan fingerprint density at radius 1 is 0.952 bits per heavy atom. The first-order chi connectivity index (χ1) is 9.95. The van der Waals surface area contributed by atoms with E-state index in [4.69, 9.17) is 37.9 Å². The molecule has 0 aromatic carbocycles. The standard InChI is InChI=1S/C16H29PS4/c17-13-6-12(13)16(21)7-11-9(5-15(11)20)4-14(19)8-1-2-10(18)3-8/h8-16,18-21H,1-7,17H2. The van der Waals surface area contributed by atoms with Crippen LogP contribution in [0, 0.1) is 23.7 Å². The van der Waals surface area contributed by atoms with Gasteiger partial charge in [0.05, 0.1) is 0 Å². The van der Waals surface area contributed by atoms with E-state index in [0.29, 0.717) is 21.0 Å². The van der Waals surface area contributed by atoms with Crippen molar-refractivity contribution in [2.75, 3.05) is 0 Å². The van der Waals surface area contributed by atoms with Crippen molar-refractivity contribution in [3.8, 4) is 0 Å². The maximum Gasteiger partial charge on any atom is 0.00542 e. The first-order valence-electron chi connectivity index (χ1n) is 8.43. The van der Waals surface area contributed by atoms with Gasteiger partial charge in [-0.15, -0.1) is 9.24 Å². The van der Waals surface area contributed by atoms with Crippen LogP contribution in [0.4, 0.5) is 0 Å². The topological polar surface area (TPSA) is 0 Å². The molecule has 3 fully saturated rings. The SMILES string of the molecule is PC1CC1C(S)CC1C(S)CC1CC(S)C1CCC(S)C1. The molecule has 0 saturated heterocycles. The Kier molecular flexibility index (Phi) is 6.20. The van der Waals surface area contributed by atoms with E-state index in [1.54, 1.807) is 0 Å². The number of rotatable bonds is 6. The fourth-order valence-electron chi connectivity index (χ4n) is 4.37. The monoisotopic (exact) mass is 380 g/mol. The van der Waals surface area contributed by atoms with Crippen LogP contribution in [0.2, 0.25) is 0 Å². The van der Waals surface area contributed by atoms with Crippen molar-refractivity contribution in [3.05, 3.63) is 0 Å². The molecule has 5 heteroatoms. The minimum atomic E-state index is 0.573. The molecule has 0 spiro atoms. The normalized spacial score (nSPS) is 48.7. The Morgan fingerprint density at radius 2 is 1.67 bits per heavy atom. The summed E-state index contributed by atoms with van der Waals surface area (Å²) in [6.07, 6.45) is 9.07. The molecule has 0 heterocycles. The third-order valence-electron chi connectivity index (χ3n) is 6.08. The molecule has 3 saturated carbocycles. The maximum atomic E-state index is 4.94. The lowest BCUT2D eigenvalue weighted by atomic mass is 9.67. The molecule has 0 bridgehead atoms. The largest absolute Gasteiger partial charge is 0.176 e. The fraction of sp³-hybridized carbons (Fsp3) is 1.00. The van der Waals surface area contributed by atoms with Crippen LogP contribution in [0.15, 0.2) is 0 Å². The van der Waals surface area contributed by atoms with Crippen LogP contribution in [0.3, 0.4) is 0 Å². The van der Waals surface area contributed by atoms with E-state index in [2.05, 4.69) is 21.9 Å². The van der Waals surface area contributed by atoms with Gasteiger partial charge in [-0.2, -0.15) is 50.5 Å². The first-order valence-corrected chi connectivity index (χ1v) is 11.2. The number of thiol groups is 4. The van der Waals surface area contributed by atoms with E-state index in [1.807, 2.05) is 0 Å². The summed E-state index contributed by atoms with van der Waals surface area (Å²) in [6, 6.07) is 0. The lowest BCUT2D eigenvalue weighted by molar-refractivity contribution is 0.156. The maximum absolute atomic E-state index is 4.94. The Hall–Kier alpha value is 1.83. The molecular formula is C16H29PS4.